The monoisotopic (exact) mass is 328 g/mol. The average Bonchev–Trinajstić information content (AvgIpc) is 2.90. The van der Waals surface area contributed by atoms with Gasteiger partial charge in [0.2, 0.25) is 10.0 Å². The lowest BCUT2D eigenvalue weighted by atomic mass is 10.3. The zero-order chi connectivity index (χ0) is 15.3. The van der Waals surface area contributed by atoms with Crippen LogP contribution in [-0.2, 0) is 16.6 Å². The van der Waals surface area contributed by atoms with Gasteiger partial charge in [0.15, 0.2) is 5.16 Å². The zero-order valence-corrected chi connectivity index (χ0v) is 13.1. The first-order valence-corrected chi connectivity index (χ1v) is 8.80. The molecule has 1 heterocycles. The van der Waals surface area contributed by atoms with Crippen molar-refractivity contribution in [1.82, 2.24) is 14.8 Å². The molecule has 2 aromatic rings. The molecule has 0 aliphatic heterocycles. The Morgan fingerprint density at radius 3 is 2.67 bits per heavy atom. The first kappa shape index (κ1) is 15.8. The molecule has 0 aliphatic rings. The molecule has 1 aromatic carbocycles. The fourth-order valence-electron chi connectivity index (χ4n) is 1.59. The van der Waals surface area contributed by atoms with Crippen LogP contribution in [0.25, 0.3) is 0 Å². The molecule has 21 heavy (non-hydrogen) atoms. The largest absolute Gasteiger partial charge is 0.493 e. The van der Waals surface area contributed by atoms with E-state index >= 15 is 0 Å². The maximum atomic E-state index is 11.1. The van der Waals surface area contributed by atoms with Crippen molar-refractivity contribution in [2.75, 3.05) is 12.4 Å². The second-order valence-electron chi connectivity index (χ2n) is 4.11. The van der Waals surface area contributed by atoms with Crippen molar-refractivity contribution in [3.63, 3.8) is 0 Å². The SMILES string of the molecule is CCn1cnnc1SCCOc1ccc(S(N)(=O)=O)cc1. The molecule has 9 heteroatoms. The van der Waals surface area contributed by atoms with Crippen LogP contribution < -0.4 is 9.88 Å². The third-order valence-corrected chi connectivity index (χ3v) is 4.53. The van der Waals surface area contributed by atoms with E-state index in [1.165, 1.54) is 12.1 Å². The van der Waals surface area contributed by atoms with E-state index in [0.717, 1.165) is 17.5 Å². The van der Waals surface area contributed by atoms with Crippen LogP contribution in [-0.4, -0.2) is 35.5 Å². The van der Waals surface area contributed by atoms with Gasteiger partial charge in [-0.15, -0.1) is 10.2 Å². The first-order chi connectivity index (χ1) is 10.0. The Hall–Kier alpha value is -1.58. The highest BCUT2D eigenvalue weighted by molar-refractivity contribution is 7.99. The number of ether oxygens (including phenoxy) is 1. The number of thioether (sulfide) groups is 1. The minimum atomic E-state index is -3.66. The summed E-state index contributed by atoms with van der Waals surface area (Å²) in [6.45, 7) is 3.33. The summed E-state index contributed by atoms with van der Waals surface area (Å²) >= 11 is 1.55. The summed E-state index contributed by atoms with van der Waals surface area (Å²) in [6.07, 6.45) is 1.69. The molecule has 0 fully saturated rings. The normalized spacial score (nSPS) is 11.5. The third-order valence-electron chi connectivity index (χ3n) is 2.66. The lowest BCUT2D eigenvalue weighted by molar-refractivity contribution is 0.343. The summed E-state index contributed by atoms with van der Waals surface area (Å²) in [5.41, 5.74) is 0. The number of nitrogens with zero attached hydrogens (tertiary/aromatic N) is 3. The van der Waals surface area contributed by atoms with Crippen LogP contribution in [0.15, 0.2) is 40.6 Å². The molecule has 0 saturated carbocycles. The summed E-state index contributed by atoms with van der Waals surface area (Å²) in [4.78, 5) is 0.0697. The molecule has 0 radical (unpaired) electrons. The zero-order valence-electron chi connectivity index (χ0n) is 11.5. The summed E-state index contributed by atoms with van der Waals surface area (Å²) in [5, 5.41) is 13.7. The van der Waals surface area contributed by atoms with E-state index in [1.54, 1.807) is 30.2 Å². The van der Waals surface area contributed by atoms with Gasteiger partial charge in [0.1, 0.15) is 12.1 Å². The van der Waals surface area contributed by atoms with Crippen LogP contribution in [0.1, 0.15) is 6.92 Å². The van der Waals surface area contributed by atoms with E-state index in [0.29, 0.717) is 12.4 Å². The topological polar surface area (TPSA) is 100 Å². The molecule has 0 unspecified atom stereocenters. The highest BCUT2D eigenvalue weighted by atomic mass is 32.2. The molecule has 7 nitrogen and oxygen atoms in total. The van der Waals surface area contributed by atoms with Gasteiger partial charge in [-0.2, -0.15) is 0 Å². The molecule has 0 spiro atoms. The molecule has 0 saturated heterocycles. The number of sulfonamides is 1. The Bertz CT molecular complexity index is 683. The van der Waals surface area contributed by atoms with Crippen LogP contribution >= 0.6 is 11.8 Å². The van der Waals surface area contributed by atoms with Gasteiger partial charge in [-0.05, 0) is 31.2 Å². The van der Waals surface area contributed by atoms with Gasteiger partial charge in [0.05, 0.1) is 11.5 Å². The molecule has 1 aromatic heterocycles. The Kier molecular flexibility index (Phi) is 5.21. The second kappa shape index (κ2) is 6.92. The number of hydrogen-bond acceptors (Lipinski definition) is 6. The van der Waals surface area contributed by atoms with Gasteiger partial charge in [-0.1, -0.05) is 11.8 Å². The molecule has 114 valence electrons. The van der Waals surface area contributed by atoms with Crippen molar-refractivity contribution in [3.8, 4) is 5.75 Å². The lowest BCUT2D eigenvalue weighted by Gasteiger charge is -2.07. The number of aromatic nitrogens is 3. The standard InChI is InChI=1S/C12H16N4O3S2/c1-2-16-9-14-15-12(16)20-8-7-19-10-3-5-11(6-4-10)21(13,17)18/h3-6,9H,2,7-8H2,1H3,(H2,13,17,18). The van der Waals surface area contributed by atoms with E-state index in [-0.39, 0.29) is 4.90 Å². The molecule has 2 rings (SSSR count). The molecule has 0 amide bonds. The number of aryl methyl sites for hydroxylation is 1. The molecule has 0 atom stereocenters. The van der Waals surface area contributed by atoms with E-state index in [9.17, 15) is 8.42 Å². The van der Waals surface area contributed by atoms with Crippen LogP contribution in [0.3, 0.4) is 0 Å². The predicted octanol–water partition coefficient (Wildman–Crippen LogP) is 1.12. The number of nitrogens with two attached hydrogens (primary N) is 1. The van der Waals surface area contributed by atoms with Crippen LogP contribution in [0.4, 0.5) is 0 Å². The molecular weight excluding hydrogens is 312 g/mol. The fraction of sp³-hybridized carbons (Fsp3) is 0.333. The lowest BCUT2D eigenvalue weighted by Crippen LogP contribution is -2.11. The quantitative estimate of drug-likeness (QED) is 0.604. The molecule has 0 aliphatic carbocycles. The van der Waals surface area contributed by atoms with Crippen molar-refractivity contribution < 1.29 is 13.2 Å². The Balaban J connectivity index is 1.81. The molecule has 2 N–H and O–H groups in total. The average molecular weight is 328 g/mol. The van der Waals surface area contributed by atoms with Gasteiger partial charge < -0.3 is 9.30 Å². The number of benzene rings is 1. The van der Waals surface area contributed by atoms with Crippen molar-refractivity contribution in [2.45, 2.75) is 23.5 Å². The summed E-state index contributed by atoms with van der Waals surface area (Å²) in [5.74, 6) is 1.32. The van der Waals surface area contributed by atoms with Crippen molar-refractivity contribution in [1.29, 1.82) is 0 Å². The maximum absolute atomic E-state index is 11.1. The summed E-state index contributed by atoms with van der Waals surface area (Å²) < 4.78 is 29.7. The van der Waals surface area contributed by atoms with Gasteiger partial charge >= 0.3 is 0 Å². The van der Waals surface area contributed by atoms with Crippen molar-refractivity contribution in [2.24, 2.45) is 5.14 Å². The highest BCUT2D eigenvalue weighted by Gasteiger charge is 2.07. The predicted molar refractivity (Wildman–Crippen MR) is 79.7 cm³/mol. The van der Waals surface area contributed by atoms with Gasteiger partial charge in [-0.3, -0.25) is 0 Å². The van der Waals surface area contributed by atoms with Gasteiger partial charge in [0.25, 0.3) is 0 Å². The first-order valence-electron chi connectivity index (χ1n) is 6.27. The summed E-state index contributed by atoms with van der Waals surface area (Å²) in [6, 6.07) is 6.01. The number of primary sulfonamides is 1. The smallest absolute Gasteiger partial charge is 0.238 e. The van der Waals surface area contributed by atoms with Crippen LogP contribution in [0.5, 0.6) is 5.75 Å². The van der Waals surface area contributed by atoms with E-state index in [4.69, 9.17) is 9.88 Å². The Morgan fingerprint density at radius 1 is 1.33 bits per heavy atom. The van der Waals surface area contributed by atoms with Crippen LogP contribution in [0, 0.1) is 0 Å². The minimum absolute atomic E-state index is 0.0697. The second-order valence-corrected chi connectivity index (χ2v) is 6.74. The minimum Gasteiger partial charge on any atom is -0.493 e. The van der Waals surface area contributed by atoms with Gasteiger partial charge in [-0.25, -0.2) is 13.6 Å². The molecule has 0 bridgehead atoms. The van der Waals surface area contributed by atoms with Crippen molar-refractivity contribution in [3.05, 3.63) is 30.6 Å². The van der Waals surface area contributed by atoms with Crippen molar-refractivity contribution >= 4 is 21.8 Å². The Labute approximate surface area is 127 Å². The van der Waals surface area contributed by atoms with E-state index < -0.39 is 10.0 Å². The van der Waals surface area contributed by atoms with E-state index in [1.807, 2.05) is 11.5 Å². The number of hydrogen-bond donors (Lipinski definition) is 1. The van der Waals surface area contributed by atoms with E-state index in [2.05, 4.69) is 10.2 Å². The van der Waals surface area contributed by atoms with Crippen LogP contribution in [0.2, 0.25) is 0 Å². The third kappa shape index (κ3) is 4.45. The highest BCUT2D eigenvalue weighted by Crippen LogP contribution is 2.17. The maximum Gasteiger partial charge on any atom is 0.238 e. The Morgan fingerprint density at radius 2 is 2.05 bits per heavy atom. The molecular formula is C12H16N4O3S2. The number of rotatable bonds is 7. The van der Waals surface area contributed by atoms with Gasteiger partial charge in [0, 0.05) is 12.3 Å². The fourth-order valence-corrected chi connectivity index (χ4v) is 2.90. The summed E-state index contributed by atoms with van der Waals surface area (Å²) in [7, 11) is -3.66.